The Morgan fingerprint density at radius 2 is 1.47 bits per heavy atom. The Balaban J connectivity index is 1.50. The van der Waals surface area contributed by atoms with Gasteiger partial charge in [0.15, 0.2) is 0 Å². The van der Waals surface area contributed by atoms with Gasteiger partial charge in [0, 0.05) is 12.7 Å². The van der Waals surface area contributed by atoms with Crippen LogP contribution in [0, 0.1) is 0 Å². The molecule has 1 aliphatic rings. The molecule has 0 fully saturated rings. The van der Waals surface area contributed by atoms with Crippen LogP contribution in [0.15, 0.2) is 79.0 Å². The normalized spacial score (nSPS) is 12.7. The topological polar surface area (TPSA) is 70.6 Å². The molecule has 6 nitrogen and oxygen atoms in total. The lowest BCUT2D eigenvalue weighted by Crippen LogP contribution is -2.43. The summed E-state index contributed by atoms with van der Waals surface area (Å²) >= 11 is 0. The maximum Gasteiger partial charge on any atom is 0.262 e. The number of nitrogens with zero attached hydrogens (tertiary/aromatic N) is 3. The van der Waals surface area contributed by atoms with Crippen LogP contribution in [0.1, 0.15) is 32.0 Å². The summed E-state index contributed by atoms with van der Waals surface area (Å²) in [5.74, 6) is -1.14. The third kappa shape index (κ3) is 4.12. The average Bonchev–Trinajstić information content (AvgIpc) is 3.03. The molecule has 3 aromatic rings. The van der Waals surface area contributed by atoms with Crippen LogP contribution < -0.4 is 0 Å². The molecule has 0 atom stereocenters. The van der Waals surface area contributed by atoms with Crippen molar-refractivity contribution in [3.05, 3.63) is 101 Å². The zero-order valence-corrected chi connectivity index (χ0v) is 16.4. The van der Waals surface area contributed by atoms with Crippen LogP contribution in [0.5, 0.6) is 0 Å². The predicted octanol–water partition coefficient (Wildman–Crippen LogP) is 2.95. The van der Waals surface area contributed by atoms with Crippen LogP contribution in [0.2, 0.25) is 0 Å². The van der Waals surface area contributed by atoms with E-state index in [2.05, 4.69) is 4.98 Å². The maximum atomic E-state index is 13.1. The van der Waals surface area contributed by atoms with Crippen molar-refractivity contribution in [1.29, 1.82) is 0 Å². The van der Waals surface area contributed by atoms with Crippen molar-refractivity contribution in [2.24, 2.45) is 0 Å². The van der Waals surface area contributed by atoms with Crippen molar-refractivity contribution in [1.82, 2.24) is 14.8 Å². The van der Waals surface area contributed by atoms with Crippen LogP contribution in [0.3, 0.4) is 0 Å². The Morgan fingerprint density at radius 1 is 0.833 bits per heavy atom. The summed E-state index contributed by atoms with van der Waals surface area (Å²) in [6.07, 6.45) is 2.35. The zero-order valence-electron chi connectivity index (χ0n) is 16.4. The molecule has 0 unspecified atom stereocenters. The van der Waals surface area contributed by atoms with E-state index in [1.165, 1.54) is 0 Å². The SMILES string of the molecule is O=C(CN1C(=O)c2ccccc2C1=O)N(CCc1ccccc1)Cc1ccccn1. The second-order valence-electron chi connectivity index (χ2n) is 7.11. The van der Waals surface area contributed by atoms with Crippen LogP contribution >= 0.6 is 0 Å². The molecule has 2 heterocycles. The molecule has 30 heavy (non-hydrogen) atoms. The zero-order chi connectivity index (χ0) is 20.9. The highest BCUT2D eigenvalue weighted by Crippen LogP contribution is 2.22. The summed E-state index contributed by atoms with van der Waals surface area (Å²) in [5, 5.41) is 0. The first kappa shape index (κ1) is 19.5. The van der Waals surface area contributed by atoms with Crippen molar-refractivity contribution in [3.63, 3.8) is 0 Å². The molecule has 0 N–H and O–H groups in total. The van der Waals surface area contributed by atoms with Gasteiger partial charge in [0.1, 0.15) is 6.54 Å². The summed E-state index contributed by atoms with van der Waals surface area (Å²) in [7, 11) is 0. The quantitative estimate of drug-likeness (QED) is 0.573. The molecule has 0 radical (unpaired) electrons. The van der Waals surface area contributed by atoms with Gasteiger partial charge in [-0.05, 0) is 36.2 Å². The molecule has 0 saturated carbocycles. The van der Waals surface area contributed by atoms with Crippen LogP contribution in [0.4, 0.5) is 0 Å². The van der Waals surface area contributed by atoms with Gasteiger partial charge in [0.2, 0.25) is 5.91 Å². The van der Waals surface area contributed by atoms with E-state index < -0.39 is 11.8 Å². The molecule has 3 amide bonds. The molecular weight excluding hydrogens is 378 g/mol. The van der Waals surface area contributed by atoms with Crippen molar-refractivity contribution >= 4 is 17.7 Å². The summed E-state index contributed by atoms with van der Waals surface area (Å²) < 4.78 is 0. The number of hydrogen-bond acceptors (Lipinski definition) is 4. The Labute approximate surface area is 174 Å². The Kier molecular flexibility index (Phi) is 5.66. The molecule has 150 valence electrons. The van der Waals surface area contributed by atoms with E-state index in [0.29, 0.717) is 30.6 Å². The van der Waals surface area contributed by atoms with Gasteiger partial charge in [0.05, 0.1) is 23.4 Å². The fourth-order valence-corrected chi connectivity index (χ4v) is 3.51. The van der Waals surface area contributed by atoms with E-state index in [0.717, 1.165) is 16.2 Å². The molecular formula is C24H21N3O3. The summed E-state index contributed by atoms with van der Waals surface area (Å²) in [6, 6.07) is 22.1. The third-order valence-corrected chi connectivity index (χ3v) is 5.12. The van der Waals surface area contributed by atoms with Crippen molar-refractivity contribution < 1.29 is 14.4 Å². The van der Waals surface area contributed by atoms with Gasteiger partial charge in [-0.2, -0.15) is 0 Å². The van der Waals surface area contributed by atoms with Gasteiger partial charge in [-0.15, -0.1) is 0 Å². The highest BCUT2D eigenvalue weighted by Gasteiger charge is 2.37. The van der Waals surface area contributed by atoms with E-state index in [9.17, 15) is 14.4 Å². The van der Waals surface area contributed by atoms with Crippen molar-refractivity contribution in [2.75, 3.05) is 13.1 Å². The summed E-state index contributed by atoms with van der Waals surface area (Å²) in [6.45, 7) is 0.492. The second kappa shape index (κ2) is 8.69. The largest absolute Gasteiger partial charge is 0.335 e. The second-order valence-corrected chi connectivity index (χ2v) is 7.11. The van der Waals surface area contributed by atoms with E-state index in [1.54, 1.807) is 35.4 Å². The van der Waals surface area contributed by atoms with Crippen LogP contribution in [-0.4, -0.2) is 45.6 Å². The molecule has 2 aromatic carbocycles. The van der Waals surface area contributed by atoms with E-state index in [4.69, 9.17) is 0 Å². The first-order valence-electron chi connectivity index (χ1n) is 9.80. The minimum atomic E-state index is -0.426. The highest BCUT2D eigenvalue weighted by atomic mass is 16.2. The number of benzene rings is 2. The lowest BCUT2D eigenvalue weighted by molar-refractivity contribution is -0.132. The lowest BCUT2D eigenvalue weighted by atomic mass is 10.1. The van der Waals surface area contributed by atoms with E-state index in [-0.39, 0.29) is 12.5 Å². The smallest absolute Gasteiger partial charge is 0.262 e. The molecule has 6 heteroatoms. The fourth-order valence-electron chi connectivity index (χ4n) is 3.51. The lowest BCUT2D eigenvalue weighted by Gasteiger charge is -2.25. The molecule has 4 rings (SSSR count). The highest BCUT2D eigenvalue weighted by molar-refractivity contribution is 6.22. The van der Waals surface area contributed by atoms with Crippen LogP contribution in [0.25, 0.3) is 0 Å². The standard InChI is InChI=1S/C24H21N3O3/c28-22(17-27-23(29)20-11-4-5-12-21(20)24(27)30)26(16-19-10-6-7-14-25-19)15-13-18-8-2-1-3-9-18/h1-12,14H,13,15-17H2. The molecule has 0 saturated heterocycles. The van der Waals surface area contributed by atoms with Gasteiger partial charge in [-0.3, -0.25) is 24.3 Å². The number of amides is 3. The maximum absolute atomic E-state index is 13.1. The summed E-state index contributed by atoms with van der Waals surface area (Å²) in [4.78, 5) is 45.4. The molecule has 0 spiro atoms. The third-order valence-electron chi connectivity index (χ3n) is 5.12. The molecule has 1 aromatic heterocycles. The van der Waals surface area contributed by atoms with Gasteiger partial charge in [-0.1, -0.05) is 48.5 Å². The average molecular weight is 399 g/mol. The number of imide groups is 1. The number of fused-ring (bicyclic) bond motifs is 1. The number of pyridine rings is 1. The Morgan fingerprint density at radius 3 is 2.10 bits per heavy atom. The van der Waals surface area contributed by atoms with Gasteiger partial charge >= 0.3 is 0 Å². The van der Waals surface area contributed by atoms with Gasteiger partial charge in [-0.25, -0.2) is 0 Å². The van der Waals surface area contributed by atoms with E-state index >= 15 is 0 Å². The first-order valence-corrected chi connectivity index (χ1v) is 9.80. The number of rotatable bonds is 7. The molecule has 0 aliphatic carbocycles. The number of carbonyl (C=O) groups excluding carboxylic acids is 3. The Bertz CT molecular complexity index is 1030. The van der Waals surface area contributed by atoms with Crippen molar-refractivity contribution in [2.45, 2.75) is 13.0 Å². The predicted molar refractivity (Wildman–Crippen MR) is 112 cm³/mol. The number of aromatic nitrogens is 1. The van der Waals surface area contributed by atoms with E-state index in [1.807, 2.05) is 48.5 Å². The molecule has 0 bridgehead atoms. The number of hydrogen-bond donors (Lipinski definition) is 0. The minimum absolute atomic E-state index is 0.284. The minimum Gasteiger partial charge on any atom is -0.335 e. The fraction of sp³-hybridized carbons (Fsp3) is 0.167. The van der Waals surface area contributed by atoms with Crippen LogP contribution in [-0.2, 0) is 17.8 Å². The van der Waals surface area contributed by atoms with Gasteiger partial charge < -0.3 is 4.90 Å². The first-order chi connectivity index (χ1) is 14.6. The number of carbonyl (C=O) groups is 3. The molecule has 1 aliphatic heterocycles. The Hall–Kier alpha value is -3.80. The monoisotopic (exact) mass is 399 g/mol. The van der Waals surface area contributed by atoms with Crippen molar-refractivity contribution in [3.8, 4) is 0 Å². The van der Waals surface area contributed by atoms with Gasteiger partial charge in [0.25, 0.3) is 11.8 Å². The summed E-state index contributed by atoms with van der Waals surface area (Å²) in [5.41, 5.74) is 2.55.